The van der Waals surface area contributed by atoms with Gasteiger partial charge in [0.25, 0.3) is 0 Å². The van der Waals surface area contributed by atoms with Crippen LogP contribution in [0.25, 0.3) is 0 Å². The second kappa shape index (κ2) is 5.78. The molecule has 0 aliphatic carbocycles. The smallest absolute Gasteiger partial charge is 0.0701 e. The number of rotatable bonds is 5. The molecule has 0 aliphatic rings. The van der Waals surface area contributed by atoms with Crippen molar-refractivity contribution in [2.24, 2.45) is 5.92 Å². The molecule has 74 valence electrons. The van der Waals surface area contributed by atoms with Gasteiger partial charge < -0.3 is 5.32 Å². The minimum Gasteiger partial charge on any atom is -0.319 e. The Morgan fingerprint density at radius 3 is 2.77 bits per heavy atom. The molecule has 0 amide bonds. The highest BCUT2D eigenvalue weighted by molar-refractivity contribution is 9.11. The van der Waals surface area contributed by atoms with Crippen LogP contribution < -0.4 is 5.32 Å². The van der Waals surface area contributed by atoms with Crippen molar-refractivity contribution in [2.75, 3.05) is 13.6 Å². The molecule has 1 rings (SSSR count). The van der Waals surface area contributed by atoms with Crippen molar-refractivity contribution in [3.8, 4) is 0 Å². The van der Waals surface area contributed by atoms with Crippen LogP contribution in [-0.4, -0.2) is 13.6 Å². The van der Waals surface area contributed by atoms with Crippen LogP contribution in [0.15, 0.2) is 15.9 Å². The predicted octanol–water partition coefficient (Wildman–Crippen LogP) is 3.30. The first-order valence-corrected chi connectivity index (χ1v) is 6.26. The summed E-state index contributed by atoms with van der Waals surface area (Å²) in [6.07, 6.45) is 2.45. The van der Waals surface area contributed by atoms with E-state index < -0.39 is 0 Å². The fraction of sp³-hybridized carbons (Fsp3) is 0.600. The Kier molecular flexibility index (Phi) is 4.99. The molecule has 0 radical (unpaired) electrons. The summed E-state index contributed by atoms with van der Waals surface area (Å²) in [6, 6.07) is 4.35. The lowest BCUT2D eigenvalue weighted by Gasteiger charge is -2.12. The normalized spacial score (nSPS) is 13.2. The molecule has 1 nitrogen and oxygen atoms in total. The van der Waals surface area contributed by atoms with Crippen molar-refractivity contribution in [1.29, 1.82) is 0 Å². The molecule has 1 N–H and O–H groups in total. The molecule has 13 heavy (non-hydrogen) atoms. The van der Waals surface area contributed by atoms with Gasteiger partial charge in [0, 0.05) is 4.88 Å². The molecule has 1 unspecified atom stereocenters. The average Bonchev–Trinajstić information content (AvgIpc) is 2.50. The zero-order valence-electron chi connectivity index (χ0n) is 8.14. The molecular weight excluding hydrogens is 246 g/mol. The summed E-state index contributed by atoms with van der Waals surface area (Å²) in [5.74, 6) is 0.774. The van der Waals surface area contributed by atoms with Gasteiger partial charge in [-0.05, 0) is 54.0 Å². The van der Waals surface area contributed by atoms with Crippen LogP contribution >= 0.6 is 27.3 Å². The molecule has 1 atom stereocenters. The predicted molar refractivity (Wildman–Crippen MR) is 63.4 cm³/mol. The second-order valence-corrected chi connectivity index (χ2v) is 5.79. The van der Waals surface area contributed by atoms with Gasteiger partial charge in [0.15, 0.2) is 0 Å². The Morgan fingerprint density at radius 2 is 2.31 bits per heavy atom. The first-order valence-electron chi connectivity index (χ1n) is 4.65. The number of hydrogen-bond donors (Lipinski definition) is 1. The summed E-state index contributed by atoms with van der Waals surface area (Å²) < 4.78 is 1.24. The van der Waals surface area contributed by atoms with E-state index >= 15 is 0 Å². The molecule has 1 aromatic heterocycles. The Hall–Kier alpha value is 0.140. The van der Waals surface area contributed by atoms with E-state index in [1.54, 1.807) is 0 Å². The van der Waals surface area contributed by atoms with E-state index in [2.05, 4.69) is 40.3 Å². The highest BCUT2D eigenvalue weighted by Crippen LogP contribution is 2.24. The van der Waals surface area contributed by atoms with Crippen LogP contribution in [0.4, 0.5) is 0 Å². The van der Waals surface area contributed by atoms with Gasteiger partial charge in [-0.25, -0.2) is 0 Å². The lowest BCUT2D eigenvalue weighted by molar-refractivity contribution is 0.484. The second-order valence-electron chi connectivity index (χ2n) is 3.24. The van der Waals surface area contributed by atoms with E-state index in [1.807, 2.05) is 18.4 Å². The lowest BCUT2D eigenvalue weighted by Crippen LogP contribution is -2.19. The Morgan fingerprint density at radius 1 is 1.54 bits per heavy atom. The van der Waals surface area contributed by atoms with Crippen molar-refractivity contribution < 1.29 is 0 Å². The Bertz CT molecular complexity index is 247. The Labute approximate surface area is 92.7 Å². The lowest BCUT2D eigenvalue weighted by atomic mass is 10.0. The van der Waals surface area contributed by atoms with Gasteiger partial charge in [-0.3, -0.25) is 0 Å². The molecular formula is C10H16BrNS. The van der Waals surface area contributed by atoms with Crippen LogP contribution in [0.5, 0.6) is 0 Å². The fourth-order valence-electron chi connectivity index (χ4n) is 1.40. The first-order chi connectivity index (χ1) is 6.26. The molecule has 0 spiro atoms. The number of thiophene rings is 1. The van der Waals surface area contributed by atoms with Crippen molar-refractivity contribution in [3.63, 3.8) is 0 Å². The first kappa shape index (κ1) is 11.2. The summed E-state index contributed by atoms with van der Waals surface area (Å²) in [6.45, 7) is 3.37. The van der Waals surface area contributed by atoms with E-state index in [9.17, 15) is 0 Å². The third-order valence-electron chi connectivity index (χ3n) is 2.19. The molecule has 1 aromatic rings. The van der Waals surface area contributed by atoms with Crippen molar-refractivity contribution in [3.05, 3.63) is 20.8 Å². The third-order valence-corrected chi connectivity index (χ3v) is 3.83. The minimum absolute atomic E-state index is 0.774. The maximum Gasteiger partial charge on any atom is 0.0701 e. The zero-order chi connectivity index (χ0) is 9.68. The van der Waals surface area contributed by atoms with Gasteiger partial charge in [-0.2, -0.15) is 0 Å². The Balaban J connectivity index is 2.46. The van der Waals surface area contributed by atoms with Crippen LogP contribution in [0.2, 0.25) is 0 Å². The van der Waals surface area contributed by atoms with E-state index in [0.717, 1.165) is 12.5 Å². The maximum atomic E-state index is 3.49. The van der Waals surface area contributed by atoms with E-state index in [0.29, 0.717) is 0 Å². The topological polar surface area (TPSA) is 12.0 Å². The van der Waals surface area contributed by atoms with Gasteiger partial charge in [-0.1, -0.05) is 13.3 Å². The summed E-state index contributed by atoms with van der Waals surface area (Å²) in [7, 11) is 2.02. The number of halogens is 1. The van der Waals surface area contributed by atoms with E-state index in [-0.39, 0.29) is 0 Å². The summed E-state index contributed by atoms with van der Waals surface area (Å²) in [5, 5.41) is 3.24. The maximum absolute atomic E-state index is 3.49. The highest BCUT2D eigenvalue weighted by atomic mass is 79.9. The van der Waals surface area contributed by atoms with Crippen LogP contribution in [-0.2, 0) is 6.42 Å². The molecule has 3 heteroatoms. The number of hydrogen-bond acceptors (Lipinski definition) is 2. The van der Waals surface area contributed by atoms with E-state index in [1.165, 1.54) is 21.5 Å². The van der Waals surface area contributed by atoms with Gasteiger partial charge in [-0.15, -0.1) is 11.3 Å². The molecule has 0 fully saturated rings. The molecule has 0 aliphatic heterocycles. The van der Waals surface area contributed by atoms with Crippen LogP contribution in [0.1, 0.15) is 18.2 Å². The van der Waals surface area contributed by atoms with Crippen molar-refractivity contribution >= 4 is 27.3 Å². The monoisotopic (exact) mass is 261 g/mol. The average molecular weight is 262 g/mol. The quantitative estimate of drug-likeness (QED) is 0.858. The van der Waals surface area contributed by atoms with Crippen molar-refractivity contribution in [1.82, 2.24) is 5.32 Å². The molecule has 0 saturated heterocycles. The molecule has 0 saturated carbocycles. The minimum atomic E-state index is 0.774. The number of nitrogens with one attached hydrogen (secondary N) is 1. The third kappa shape index (κ3) is 3.79. The molecule has 0 aromatic carbocycles. The van der Waals surface area contributed by atoms with Gasteiger partial charge in [0.1, 0.15) is 0 Å². The summed E-state index contributed by atoms with van der Waals surface area (Å²) >= 11 is 5.33. The standard InChI is InChI=1S/C10H16BrNS/c1-3-8(7-12-2)6-9-4-5-10(11)13-9/h4-5,8,12H,3,6-7H2,1-2H3. The fourth-order valence-corrected chi connectivity index (χ4v) is 2.99. The van der Waals surface area contributed by atoms with Crippen LogP contribution in [0.3, 0.4) is 0 Å². The van der Waals surface area contributed by atoms with Gasteiger partial charge in [0.05, 0.1) is 3.79 Å². The van der Waals surface area contributed by atoms with Crippen LogP contribution in [0, 0.1) is 5.92 Å². The van der Waals surface area contributed by atoms with Crippen molar-refractivity contribution in [2.45, 2.75) is 19.8 Å². The summed E-state index contributed by atoms with van der Waals surface area (Å²) in [4.78, 5) is 1.48. The van der Waals surface area contributed by atoms with Gasteiger partial charge >= 0.3 is 0 Å². The summed E-state index contributed by atoms with van der Waals surface area (Å²) in [5.41, 5.74) is 0. The van der Waals surface area contributed by atoms with E-state index in [4.69, 9.17) is 0 Å². The highest BCUT2D eigenvalue weighted by Gasteiger charge is 2.07. The van der Waals surface area contributed by atoms with Gasteiger partial charge in [0.2, 0.25) is 0 Å². The largest absolute Gasteiger partial charge is 0.319 e. The SMILES string of the molecule is CCC(CNC)Cc1ccc(Br)s1. The molecule has 1 heterocycles. The zero-order valence-corrected chi connectivity index (χ0v) is 10.5. The molecule has 0 bridgehead atoms.